The lowest BCUT2D eigenvalue weighted by atomic mass is 10.1. The van der Waals surface area contributed by atoms with Crippen LogP contribution in [0.3, 0.4) is 0 Å². The van der Waals surface area contributed by atoms with Crippen molar-refractivity contribution in [1.29, 1.82) is 0 Å². The molecule has 230 valence electrons. The van der Waals surface area contributed by atoms with Crippen LogP contribution in [0.15, 0.2) is 53.3 Å². The molecule has 13 nitrogen and oxygen atoms in total. The van der Waals surface area contributed by atoms with Crippen molar-refractivity contribution in [2.45, 2.75) is 6.54 Å². The molecule has 6 heterocycles. The van der Waals surface area contributed by atoms with Gasteiger partial charge in [0.1, 0.15) is 11.5 Å². The van der Waals surface area contributed by atoms with E-state index in [-0.39, 0.29) is 17.7 Å². The van der Waals surface area contributed by atoms with E-state index >= 15 is 4.39 Å². The van der Waals surface area contributed by atoms with E-state index in [1.54, 1.807) is 29.1 Å². The number of amides is 1. The second kappa shape index (κ2) is 12.2. The number of nitrogen functional groups attached to an aromatic ring is 1. The Morgan fingerprint density at radius 2 is 1.82 bits per heavy atom. The number of ether oxygens (including phenoxy) is 1. The van der Waals surface area contributed by atoms with Gasteiger partial charge >= 0.3 is 0 Å². The fraction of sp³-hybridized carbons (Fsp3) is 0.400. The number of hydrogen-bond donors (Lipinski definition) is 2. The van der Waals surface area contributed by atoms with Crippen molar-refractivity contribution in [3.05, 3.63) is 60.2 Å². The third kappa shape index (κ3) is 5.70. The molecule has 1 amide bonds. The topological polar surface area (TPSA) is 135 Å². The minimum Gasteiger partial charge on any atom is -0.463 e. The van der Waals surface area contributed by atoms with Gasteiger partial charge in [-0.3, -0.25) is 14.6 Å². The number of fused-ring (bicyclic) bond motifs is 3. The minimum absolute atomic E-state index is 0.261. The van der Waals surface area contributed by atoms with Crippen molar-refractivity contribution in [3.63, 3.8) is 0 Å². The van der Waals surface area contributed by atoms with Gasteiger partial charge in [-0.2, -0.15) is 19.7 Å². The number of morpholine rings is 1. The smallest absolute Gasteiger partial charge is 0.251 e. The van der Waals surface area contributed by atoms with Crippen LogP contribution in [0.2, 0.25) is 0 Å². The maximum atomic E-state index is 15.1. The molecule has 0 spiro atoms. The Balaban J connectivity index is 0.933. The first-order valence-electron chi connectivity index (χ1n) is 14.9. The monoisotopic (exact) mass is 602 g/mol. The third-order valence-electron chi connectivity index (χ3n) is 8.38. The molecule has 2 aliphatic heterocycles. The Kier molecular flexibility index (Phi) is 7.85. The largest absolute Gasteiger partial charge is 0.463 e. The molecule has 0 bridgehead atoms. The molecule has 0 unspecified atom stereocenters. The van der Waals surface area contributed by atoms with Crippen LogP contribution in [0.1, 0.15) is 10.4 Å². The minimum atomic E-state index is -0.382. The molecule has 3 N–H and O–H groups in total. The molecule has 0 saturated carbocycles. The molecule has 4 aromatic heterocycles. The van der Waals surface area contributed by atoms with Crippen molar-refractivity contribution in [1.82, 2.24) is 39.5 Å². The summed E-state index contributed by atoms with van der Waals surface area (Å²) in [5.74, 6) is 0.290. The maximum absolute atomic E-state index is 15.1. The number of nitrogens with one attached hydrogen (secondary N) is 1. The molecule has 2 fully saturated rings. The summed E-state index contributed by atoms with van der Waals surface area (Å²) >= 11 is 0. The van der Waals surface area contributed by atoms with Crippen LogP contribution in [0.25, 0.3) is 28.0 Å². The molecule has 2 saturated heterocycles. The Morgan fingerprint density at radius 1 is 1.00 bits per heavy atom. The quantitative estimate of drug-likeness (QED) is 0.258. The lowest BCUT2D eigenvalue weighted by Crippen LogP contribution is -2.47. The van der Waals surface area contributed by atoms with E-state index in [1.807, 2.05) is 27.8 Å². The first-order valence-corrected chi connectivity index (χ1v) is 14.9. The first kappa shape index (κ1) is 28.3. The highest BCUT2D eigenvalue weighted by atomic mass is 19.1. The number of rotatable bonds is 9. The first-order chi connectivity index (χ1) is 21.5. The van der Waals surface area contributed by atoms with Gasteiger partial charge in [-0.15, -0.1) is 0 Å². The summed E-state index contributed by atoms with van der Waals surface area (Å²) in [6.07, 6.45) is 3.40. The number of anilines is 2. The number of benzene rings is 1. The van der Waals surface area contributed by atoms with Crippen molar-refractivity contribution in [2.75, 3.05) is 82.8 Å². The van der Waals surface area contributed by atoms with Crippen LogP contribution in [0, 0.1) is 5.82 Å². The molecular weight excluding hydrogens is 567 g/mol. The Morgan fingerprint density at radius 3 is 2.59 bits per heavy atom. The molecule has 0 radical (unpaired) electrons. The predicted molar refractivity (Wildman–Crippen MR) is 163 cm³/mol. The van der Waals surface area contributed by atoms with Gasteiger partial charge in [0.25, 0.3) is 5.91 Å². The zero-order chi connectivity index (χ0) is 30.0. The second-order valence-electron chi connectivity index (χ2n) is 11.1. The van der Waals surface area contributed by atoms with Gasteiger partial charge in [0.15, 0.2) is 11.4 Å². The molecule has 0 aliphatic carbocycles. The summed E-state index contributed by atoms with van der Waals surface area (Å²) in [6.45, 7) is 8.74. The van der Waals surface area contributed by atoms with Crippen molar-refractivity contribution >= 4 is 34.1 Å². The van der Waals surface area contributed by atoms with Crippen molar-refractivity contribution in [2.24, 2.45) is 0 Å². The van der Waals surface area contributed by atoms with Gasteiger partial charge < -0.3 is 25.1 Å². The van der Waals surface area contributed by atoms with Crippen LogP contribution < -0.4 is 16.0 Å². The van der Waals surface area contributed by atoms with E-state index in [1.165, 1.54) is 6.07 Å². The fourth-order valence-electron chi connectivity index (χ4n) is 5.90. The lowest BCUT2D eigenvalue weighted by molar-refractivity contribution is 0.0383. The highest BCUT2D eigenvalue weighted by Gasteiger charge is 2.22. The zero-order valence-corrected chi connectivity index (χ0v) is 24.4. The lowest BCUT2D eigenvalue weighted by Gasteiger charge is -2.36. The number of halogens is 1. The summed E-state index contributed by atoms with van der Waals surface area (Å²) in [5.41, 5.74) is 9.30. The van der Waals surface area contributed by atoms with Gasteiger partial charge in [0.05, 0.1) is 48.8 Å². The fourth-order valence-corrected chi connectivity index (χ4v) is 5.90. The average molecular weight is 603 g/mol. The summed E-state index contributed by atoms with van der Waals surface area (Å²) in [4.78, 5) is 23.8. The number of piperazine rings is 1. The van der Waals surface area contributed by atoms with Gasteiger partial charge in [-0.25, -0.2) is 9.07 Å². The van der Waals surface area contributed by atoms with E-state index in [0.717, 1.165) is 50.2 Å². The van der Waals surface area contributed by atoms with Crippen LogP contribution >= 0.6 is 0 Å². The standard InChI is InChI=1S/C30H35FN10O3/c31-23-18-21(29(42)33-5-6-37-13-16-43-17-14-37)3-4-25(23)39-10-7-38(8-11-39)9-12-40-28-22(20-34-40)26-19-24(27-2-1-15-44-27)36-41(26)30(32)35-28/h1-4,15,18-20H,5-14,16-17H2,(H2,32,35)(H,33,42). The van der Waals surface area contributed by atoms with Crippen LogP contribution in [0.5, 0.6) is 0 Å². The summed E-state index contributed by atoms with van der Waals surface area (Å²) in [5, 5.41) is 12.9. The molecule has 1 aromatic carbocycles. The van der Waals surface area contributed by atoms with Gasteiger partial charge in [0, 0.05) is 64.5 Å². The normalized spacial score (nSPS) is 16.7. The van der Waals surface area contributed by atoms with E-state index in [0.29, 0.717) is 67.7 Å². The number of nitrogens with zero attached hydrogens (tertiary/aromatic N) is 8. The maximum Gasteiger partial charge on any atom is 0.251 e. The third-order valence-corrected chi connectivity index (χ3v) is 8.38. The highest BCUT2D eigenvalue weighted by Crippen LogP contribution is 2.27. The van der Waals surface area contributed by atoms with Crippen molar-refractivity contribution < 1.29 is 18.3 Å². The Hall–Kier alpha value is -4.53. The average Bonchev–Trinajstić information content (AvgIpc) is 3.81. The number of aromatic nitrogens is 5. The summed E-state index contributed by atoms with van der Waals surface area (Å²) < 4.78 is 29.4. The molecule has 44 heavy (non-hydrogen) atoms. The van der Waals surface area contributed by atoms with Crippen LogP contribution in [-0.2, 0) is 11.3 Å². The van der Waals surface area contributed by atoms with E-state index in [2.05, 4.69) is 30.3 Å². The SMILES string of the molecule is Nc1nc2c(cnn2CCN2CCN(c3ccc(C(=O)NCCN4CCOCC4)cc3F)CC2)c2cc(-c3ccco3)nn12. The van der Waals surface area contributed by atoms with Gasteiger partial charge in [0.2, 0.25) is 5.95 Å². The predicted octanol–water partition coefficient (Wildman–Crippen LogP) is 1.94. The van der Waals surface area contributed by atoms with E-state index in [4.69, 9.17) is 14.9 Å². The van der Waals surface area contributed by atoms with Crippen molar-refractivity contribution in [3.8, 4) is 11.5 Å². The van der Waals surface area contributed by atoms with Gasteiger partial charge in [-0.1, -0.05) is 0 Å². The molecular formula is C30H35FN10O3. The Labute approximate surface area is 252 Å². The molecule has 7 rings (SSSR count). The number of carbonyl (C=O) groups excluding carboxylic acids is 1. The highest BCUT2D eigenvalue weighted by molar-refractivity contribution is 5.95. The molecule has 2 aliphatic rings. The molecule has 5 aromatic rings. The second-order valence-corrected chi connectivity index (χ2v) is 11.1. The number of carbonyl (C=O) groups is 1. The van der Waals surface area contributed by atoms with Gasteiger partial charge in [-0.05, 0) is 36.4 Å². The number of furan rings is 1. The summed E-state index contributed by atoms with van der Waals surface area (Å²) in [6, 6.07) is 10.3. The van der Waals surface area contributed by atoms with Crippen LogP contribution in [-0.4, -0.2) is 112 Å². The molecule has 0 atom stereocenters. The number of hydrogen-bond acceptors (Lipinski definition) is 10. The molecule has 14 heteroatoms. The van der Waals surface area contributed by atoms with E-state index < -0.39 is 0 Å². The van der Waals surface area contributed by atoms with E-state index in [9.17, 15) is 4.79 Å². The summed E-state index contributed by atoms with van der Waals surface area (Å²) in [7, 11) is 0. The Bertz CT molecular complexity index is 1750. The van der Waals surface area contributed by atoms with Crippen LogP contribution in [0.4, 0.5) is 16.0 Å². The zero-order valence-electron chi connectivity index (χ0n) is 24.4. The number of nitrogens with two attached hydrogens (primary N) is 1.